The van der Waals surface area contributed by atoms with Gasteiger partial charge in [-0.05, 0) is 6.92 Å². The minimum atomic E-state index is -4.46. The molecule has 1 aromatic heterocycles. The van der Waals surface area contributed by atoms with Crippen LogP contribution in [0, 0.1) is 29.1 Å². The van der Waals surface area contributed by atoms with E-state index in [0.29, 0.717) is 0 Å². The van der Waals surface area contributed by atoms with Crippen LogP contribution in [0.2, 0.25) is 0 Å². The Morgan fingerprint density at radius 3 is 2.85 bits per heavy atom. The fourth-order valence-electron chi connectivity index (χ4n) is 0.977. The van der Waals surface area contributed by atoms with Crippen molar-refractivity contribution in [2.24, 2.45) is 5.92 Å². The second-order valence-corrected chi connectivity index (χ2v) is 6.19. The Kier molecular flexibility index (Phi) is 5.26. The molecule has 1 heterocycles. The number of thiazole rings is 1. The number of nitrogen functional groups attached to an aromatic ring is 1. The molecule has 10 heteroatoms. The lowest BCUT2D eigenvalue weighted by Crippen LogP contribution is -2.09. The van der Waals surface area contributed by atoms with Gasteiger partial charge in [-0.3, -0.25) is 4.57 Å². The van der Waals surface area contributed by atoms with Crippen LogP contribution >= 0.6 is 18.9 Å². The first-order valence-corrected chi connectivity index (χ1v) is 7.73. The summed E-state index contributed by atoms with van der Waals surface area (Å²) in [4.78, 5) is 32.8. The summed E-state index contributed by atoms with van der Waals surface area (Å²) in [6, 6.07) is 1.90. The number of nitrogens with two attached hydrogens (primary N) is 1. The van der Waals surface area contributed by atoms with E-state index in [1.54, 1.807) is 6.92 Å². The molecule has 0 aliphatic heterocycles. The van der Waals surface area contributed by atoms with E-state index < -0.39 is 25.8 Å². The van der Waals surface area contributed by atoms with E-state index in [1.165, 1.54) is 0 Å². The van der Waals surface area contributed by atoms with Crippen molar-refractivity contribution in [3.05, 3.63) is 10.6 Å². The highest BCUT2D eigenvalue weighted by atomic mass is 32.1. The summed E-state index contributed by atoms with van der Waals surface area (Å²) in [5.74, 6) is 3.57. The number of rotatable bonds is 3. The third kappa shape index (κ3) is 5.00. The molecule has 0 spiro atoms. The number of anilines is 1. The Balaban J connectivity index is 2.95. The molecule has 106 valence electrons. The summed E-state index contributed by atoms with van der Waals surface area (Å²) < 4.78 is 15.1. The smallest absolute Gasteiger partial charge is 0.362 e. The molecule has 0 bridgehead atoms. The molecular formula is C10H10N3O5PS. The second-order valence-electron chi connectivity index (χ2n) is 3.58. The van der Waals surface area contributed by atoms with Crippen LogP contribution in [0.4, 0.5) is 5.13 Å². The van der Waals surface area contributed by atoms with E-state index in [2.05, 4.69) is 21.6 Å². The Morgan fingerprint density at radius 1 is 1.65 bits per heavy atom. The van der Waals surface area contributed by atoms with Gasteiger partial charge in [-0.25, -0.2) is 9.78 Å². The second kappa shape index (κ2) is 6.51. The van der Waals surface area contributed by atoms with Gasteiger partial charge in [0.15, 0.2) is 17.2 Å². The summed E-state index contributed by atoms with van der Waals surface area (Å²) in [5, 5.41) is 8.66. The van der Waals surface area contributed by atoms with Crippen molar-refractivity contribution in [3.63, 3.8) is 0 Å². The number of hydrogen-bond donors (Lipinski definition) is 3. The molecule has 0 aliphatic carbocycles. The number of carbonyl (C=O) groups is 1. The Hall–Kier alpha value is -1.90. The van der Waals surface area contributed by atoms with Crippen LogP contribution in [0.5, 0.6) is 0 Å². The fourth-order valence-corrected chi connectivity index (χ4v) is 1.94. The molecule has 0 radical (unpaired) electrons. The van der Waals surface area contributed by atoms with Crippen LogP contribution in [0.25, 0.3) is 0 Å². The zero-order chi connectivity index (χ0) is 15.3. The molecule has 8 nitrogen and oxygen atoms in total. The van der Waals surface area contributed by atoms with Crippen LogP contribution in [0.1, 0.15) is 22.3 Å². The van der Waals surface area contributed by atoms with E-state index in [0.717, 1.165) is 11.3 Å². The molecule has 0 saturated heterocycles. The van der Waals surface area contributed by atoms with E-state index in [-0.39, 0.29) is 15.7 Å². The van der Waals surface area contributed by atoms with Crippen molar-refractivity contribution in [1.82, 2.24) is 4.98 Å². The lowest BCUT2D eigenvalue weighted by Gasteiger charge is -2.04. The normalized spacial score (nSPS) is 11.9. The number of carbonyl (C=O) groups excluding carboxylic acids is 1. The topological polar surface area (TPSA) is 147 Å². The molecule has 0 aliphatic rings. The zero-order valence-corrected chi connectivity index (χ0v) is 11.9. The minimum Gasteiger partial charge on any atom is -0.448 e. The van der Waals surface area contributed by atoms with Gasteiger partial charge in [0, 0.05) is 0 Å². The number of ether oxygens (including phenoxy) is 1. The quantitative estimate of drug-likeness (QED) is 0.416. The molecular weight excluding hydrogens is 305 g/mol. The summed E-state index contributed by atoms with van der Waals surface area (Å²) in [5.41, 5.74) is 5.23. The molecule has 0 saturated carbocycles. The van der Waals surface area contributed by atoms with Crippen molar-refractivity contribution >= 4 is 30.0 Å². The Morgan fingerprint density at radius 2 is 2.30 bits per heavy atom. The maximum atomic E-state index is 11.6. The predicted octanol–water partition coefficient (Wildman–Crippen LogP) is 0.528. The van der Waals surface area contributed by atoms with Gasteiger partial charge in [-0.2, -0.15) is 5.26 Å². The van der Waals surface area contributed by atoms with E-state index in [9.17, 15) is 9.36 Å². The van der Waals surface area contributed by atoms with Gasteiger partial charge >= 0.3 is 13.6 Å². The van der Waals surface area contributed by atoms with E-state index in [1.807, 2.05) is 6.07 Å². The summed E-state index contributed by atoms with van der Waals surface area (Å²) >= 11 is 0.917. The number of esters is 1. The fraction of sp³-hybridized carbons (Fsp3) is 0.300. The van der Waals surface area contributed by atoms with Crippen LogP contribution in [-0.2, 0) is 9.30 Å². The van der Waals surface area contributed by atoms with Gasteiger partial charge in [-0.1, -0.05) is 23.2 Å². The lowest BCUT2D eigenvalue weighted by atomic mass is 10.2. The van der Waals surface area contributed by atoms with Crippen molar-refractivity contribution in [2.75, 3.05) is 12.1 Å². The number of aromatic nitrogens is 1. The Bertz CT molecular complexity index is 663. The number of nitrogens with zero attached hydrogens (tertiary/aromatic N) is 2. The molecule has 0 fully saturated rings. The van der Waals surface area contributed by atoms with Gasteiger partial charge in [0.1, 0.15) is 10.8 Å². The number of nitriles is 1. The highest BCUT2D eigenvalue weighted by Gasteiger charge is 2.22. The molecule has 1 aromatic rings. The maximum absolute atomic E-state index is 11.6. The molecule has 0 amide bonds. The van der Waals surface area contributed by atoms with E-state index >= 15 is 0 Å². The summed E-state index contributed by atoms with van der Waals surface area (Å²) in [6.45, 7) is 1.57. The minimum absolute atomic E-state index is 0.0574. The number of hydrogen-bond acceptors (Lipinski definition) is 7. The highest BCUT2D eigenvalue weighted by molar-refractivity contribution is 7.51. The van der Waals surface area contributed by atoms with Gasteiger partial charge in [0.2, 0.25) is 0 Å². The van der Waals surface area contributed by atoms with Crippen LogP contribution in [-0.4, -0.2) is 27.1 Å². The Labute approximate surface area is 118 Å². The highest BCUT2D eigenvalue weighted by Crippen LogP contribution is 2.34. The largest absolute Gasteiger partial charge is 0.448 e. The standard InChI is InChI=1S/C10H10N3O5PS/c1-6(4-11)2-3-7-8(13-10(12)20-7)9(14)18-5-19(15,16)17/h6H,5H2,1H3,(H2,12,13)(H2,15,16,17). The molecule has 1 rings (SSSR count). The van der Waals surface area contributed by atoms with Crippen LogP contribution < -0.4 is 5.73 Å². The molecule has 4 N–H and O–H groups in total. The first-order chi connectivity index (χ1) is 9.23. The average Bonchev–Trinajstić information content (AvgIpc) is 2.73. The summed E-state index contributed by atoms with van der Waals surface area (Å²) in [7, 11) is -4.46. The first-order valence-electron chi connectivity index (χ1n) is 5.12. The summed E-state index contributed by atoms with van der Waals surface area (Å²) in [6.07, 6.45) is -1.05. The predicted molar refractivity (Wildman–Crippen MR) is 70.5 cm³/mol. The van der Waals surface area contributed by atoms with Crippen molar-refractivity contribution in [1.29, 1.82) is 5.26 Å². The van der Waals surface area contributed by atoms with E-state index in [4.69, 9.17) is 20.8 Å². The van der Waals surface area contributed by atoms with Gasteiger partial charge in [-0.15, -0.1) is 0 Å². The average molecular weight is 315 g/mol. The van der Waals surface area contributed by atoms with Gasteiger partial charge < -0.3 is 20.3 Å². The van der Waals surface area contributed by atoms with Crippen LogP contribution in [0.15, 0.2) is 0 Å². The monoisotopic (exact) mass is 315 g/mol. The first kappa shape index (κ1) is 16.2. The lowest BCUT2D eigenvalue weighted by molar-refractivity contribution is 0.0544. The zero-order valence-electron chi connectivity index (χ0n) is 10.2. The third-order valence-corrected chi connectivity index (χ3v) is 3.06. The van der Waals surface area contributed by atoms with Crippen LogP contribution in [0.3, 0.4) is 0 Å². The van der Waals surface area contributed by atoms with Crippen molar-refractivity contribution < 1.29 is 23.9 Å². The molecule has 20 heavy (non-hydrogen) atoms. The molecule has 1 atom stereocenters. The maximum Gasteiger partial charge on any atom is 0.362 e. The van der Waals surface area contributed by atoms with Crippen molar-refractivity contribution in [2.45, 2.75) is 6.92 Å². The molecule has 1 unspecified atom stereocenters. The third-order valence-electron chi connectivity index (χ3n) is 1.80. The van der Waals surface area contributed by atoms with Crippen molar-refractivity contribution in [3.8, 4) is 17.9 Å². The van der Waals surface area contributed by atoms with Gasteiger partial charge in [0.05, 0.1) is 6.07 Å². The SMILES string of the molecule is CC(C#N)C#Cc1sc(N)nc1C(=O)OCP(=O)(O)O. The molecule has 0 aromatic carbocycles. The van der Waals surface area contributed by atoms with Gasteiger partial charge in [0.25, 0.3) is 0 Å².